The van der Waals surface area contributed by atoms with Crippen molar-refractivity contribution in [3.05, 3.63) is 88.2 Å². The number of thiazole rings is 1. The molecule has 1 aliphatic rings. The number of Topliss-reactive ketones (excluding diaryl/α,β-unsaturated/α-hetero) is 1. The molecule has 194 valence electrons. The highest BCUT2D eigenvalue weighted by Gasteiger charge is 2.48. The van der Waals surface area contributed by atoms with Gasteiger partial charge in [0.1, 0.15) is 11.5 Å². The molecular weight excluding hydrogens is 522 g/mol. The number of amides is 1. The number of carbonyl (C=O) groups is 2. The Labute approximate surface area is 229 Å². The van der Waals surface area contributed by atoms with Crippen LogP contribution in [0.5, 0.6) is 5.75 Å². The van der Waals surface area contributed by atoms with Gasteiger partial charge in [0.2, 0.25) is 0 Å². The molecule has 1 atom stereocenters. The van der Waals surface area contributed by atoms with Gasteiger partial charge in [0.15, 0.2) is 5.13 Å². The van der Waals surface area contributed by atoms with Gasteiger partial charge in [-0.3, -0.25) is 19.5 Å². The highest BCUT2D eigenvalue weighted by atomic mass is 35.5. The summed E-state index contributed by atoms with van der Waals surface area (Å²) in [5.74, 6) is -1.52. The molecule has 1 amide bonds. The number of benzene rings is 2. The third kappa shape index (κ3) is 4.54. The summed E-state index contributed by atoms with van der Waals surface area (Å²) in [6.45, 7) is 8.63. The van der Waals surface area contributed by atoms with Crippen LogP contribution in [0.15, 0.2) is 66.5 Å². The second kappa shape index (κ2) is 9.85. The number of halogens is 1. The van der Waals surface area contributed by atoms with E-state index in [-0.39, 0.29) is 27.3 Å². The van der Waals surface area contributed by atoms with Gasteiger partial charge in [-0.2, -0.15) is 0 Å². The largest absolute Gasteiger partial charge is 0.507 e. The first-order chi connectivity index (χ1) is 18.1. The number of aromatic nitrogens is 2. The van der Waals surface area contributed by atoms with E-state index in [1.807, 2.05) is 19.1 Å². The van der Waals surface area contributed by atoms with E-state index in [0.717, 1.165) is 15.8 Å². The van der Waals surface area contributed by atoms with Gasteiger partial charge in [-0.15, -0.1) is 0 Å². The summed E-state index contributed by atoms with van der Waals surface area (Å²) in [5, 5.41) is 12.0. The lowest BCUT2D eigenvalue weighted by Gasteiger charge is -2.22. The molecule has 1 N–H and O–H groups in total. The molecule has 3 heterocycles. The fraction of sp³-hybridized carbons (Fsp3) is 0.241. The fourth-order valence-corrected chi connectivity index (χ4v) is 5.69. The van der Waals surface area contributed by atoms with E-state index in [4.69, 9.17) is 21.3 Å². The molecule has 0 radical (unpaired) electrons. The van der Waals surface area contributed by atoms with Crippen molar-refractivity contribution in [2.75, 3.05) is 11.5 Å². The second-order valence-corrected chi connectivity index (χ2v) is 11.4. The first-order valence-electron chi connectivity index (χ1n) is 12.1. The molecule has 0 aliphatic carbocycles. The number of aliphatic hydroxyl groups is 1. The van der Waals surface area contributed by atoms with Crippen molar-refractivity contribution in [1.82, 2.24) is 9.97 Å². The molecule has 4 aromatic rings. The summed E-state index contributed by atoms with van der Waals surface area (Å²) in [6, 6.07) is 13.3. The van der Waals surface area contributed by atoms with E-state index < -0.39 is 17.7 Å². The number of carbonyl (C=O) groups excluding carboxylic acids is 2. The number of ether oxygens (including phenoxy) is 1. The van der Waals surface area contributed by atoms with Crippen molar-refractivity contribution >= 4 is 55.7 Å². The van der Waals surface area contributed by atoms with Gasteiger partial charge < -0.3 is 9.84 Å². The van der Waals surface area contributed by atoms with E-state index in [0.29, 0.717) is 23.1 Å². The molecule has 0 saturated carbocycles. The zero-order chi connectivity index (χ0) is 27.2. The standard InChI is InChI=1S/C29H26ClN3O4S/c1-5-37-18-9-10-20(30)19(14-18)25(34)23-24(16-7-6-12-31-15-16)33(27(36)26(23)35)28-32-21-11-8-17(29(2,3)4)13-22(21)38-28/h6-15,24,34H,5H2,1-4H3/b25-23+. The summed E-state index contributed by atoms with van der Waals surface area (Å²) in [6.07, 6.45) is 3.17. The number of hydrogen-bond acceptors (Lipinski definition) is 7. The molecule has 1 aliphatic heterocycles. The zero-order valence-electron chi connectivity index (χ0n) is 21.4. The molecule has 1 saturated heterocycles. The highest BCUT2D eigenvalue weighted by molar-refractivity contribution is 7.22. The van der Waals surface area contributed by atoms with Crippen molar-refractivity contribution in [3.8, 4) is 5.75 Å². The van der Waals surface area contributed by atoms with Crippen molar-refractivity contribution in [2.24, 2.45) is 0 Å². The average molecular weight is 548 g/mol. The number of pyridine rings is 1. The zero-order valence-corrected chi connectivity index (χ0v) is 22.9. The predicted molar refractivity (Wildman–Crippen MR) is 150 cm³/mol. The number of rotatable bonds is 5. The minimum Gasteiger partial charge on any atom is -0.507 e. The van der Waals surface area contributed by atoms with Crippen molar-refractivity contribution in [2.45, 2.75) is 39.2 Å². The Bertz CT molecular complexity index is 1590. The molecule has 1 fully saturated rings. The molecule has 7 nitrogen and oxygen atoms in total. The van der Waals surface area contributed by atoms with E-state index in [1.54, 1.807) is 42.7 Å². The van der Waals surface area contributed by atoms with Crippen LogP contribution in [-0.4, -0.2) is 33.4 Å². The van der Waals surface area contributed by atoms with E-state index in [9.17, 15) is 14.7 Å². The monoisotopic (exact) mass is 547 g/mol. The SMILES string of the molecule is CCOc1ccc(Cl)c(/C(O)=C2\C(=O)C(=O)N(c3nc4ccc(C(C)(C)C)cc4s3)C2c2cccnc2)c1. The Balaban J connectivity index is 1.70. The van der Waals surface area contributed by atoms with Crippen molar-refractivity contribution in [3.63, 3.8) is 0 Å². The minimum absolute atomic E-state index is 0.0625. The molecule has 0 spiro atoms. The maximum Gasteiger partial charge on any atom is 0.301 e. The third-order valence-corrected chi connectivity index (χ3v) is 7.74. The maximum atomic E-state index is 13.5. The van der Waals surface area contributed by atoms with Gasteiger partial charge in [-0.25, -0.2) is 4.98 Å². The Morgan fingerprint density at radius 1 is 1.16 bits per heavy atom. The quantitative estimate of drug-likeness (QED) is 0.170. The predicted octanol–water partition coefficient (Wildman–Crippen LogP) is 6.67. The molecule has 5 rings (SSSR count). The fourth-order valence-electron chi connectivity index (χ4n) is 4.45. The first-order valence-corrected chi connectivity index (χ1v) is 13.3. The van der Waals surface area contributed by atoms with Gasteiger partial charge in [0, 0.05) is 18.0 Å². The van der Waals surface area contributed by atoms with Gasteiger partial charge in [0.05, 0.1) is 33.5 Å². The van der Waals surface area contributed by atoms with Crippen LogP contribution >= 0.6 is 22.9 Å². The van der Waals surface area contributed by atoms with E-state index in [2.05, 4.69) is 31.8 Å². The minimum atomic E-state index is -0.946. The smallest absolute Gasteiger partial charge is 0.301 e. The third-order valence-electron chi connectivity index (χ3n) is 6.40. The Hall–Kier alpha value is -3.75. The molecular formula is C29H26ClN3O4S. The normalized spacial score (nSPS) is 17.4. The van der Waals surface area contributed by atoms with Gasteiger partial charge in [-0.05, 0) is 59.9 Å². The lowest BCUT2D eigenvalue weighted by atomic mass is 9.87. The van der Waals surface area contributed by atoms with Crippen LogP contribution in [0, 0.1) is 0 Å². The number of fused-ring (bicyclic) bond motifs is 1. The van der Waals surface area contributed by atoms with E-state index >= 15 is 0 Å². The lowest BCUT2D eigenvalue weighted by molar-refractivity contribution is -0.132. The number of nitrogens with zero attached hydrogens (tertiary/aromatic N) is 3. The van der Waals surface area contributed by atoms with Crippen LogP contribution in [0.1, 0.15) is 50.4 Å². The van der Waals surface area contributed by atoms with Crippen LogP contribution in [0.4, 0.5) is 5.13 Å². The number of anilines is 1. The summed E-state index contributed by atoms with van der Waals surface area (Å²) in [5.41, 5.74) is 2.46. The molecule has 9 heteroatoms. The Morgan fingerprint density at radius 2 is 1.95 bits per heavy atom. The molecule has 38 heavy (non-hydrogen) atoms. The average Bonchev–Trinajstić information content (AvgIpc) is 3.42. The lowest BCUT2D eigenvalue weighted by Crippen LogP contribution is -2.29. The summed E-state index contributed by atoms with van der Waals surface area (Å²) >= 11 is 7.75. The second-order valence-electron chi connectivity index (χ2n) is 9.96. The van der Waals surface area contributed by atoms with Crippen molar-refractivity contribution < 1.29 is 19.4 Å². The number of aliphatic hydroxyl groups excluding tert-OH is 1. The Morgan fingerprint density at radius 3 is 2.63 bits per heavy atom. The first kappa shape index (κ1) is 25.9. The van der Waals surface area contributed by atoms with Crippen LogP contribution in [0.25, 0.3) is 16.0 Å². The van der Waals surface area contributed by atoms with Crippen molar-refractivity contribution in [1.29, 1.82) is 0 Å². The molecule has 0 bridgehead atoms. The van der Waals surface area contributed by atoms with Gasteiger partial charge in [-0.1, -0.05) is 55.8 Å². The number of hydrogen-bond donors (Lipinski definition) is 1. The van der Waals surface area contributed by atoms with E-state index in [1.165, 1.54) is 16.2 Å². The summed E-state index contributed by atoms with van der Waals surface area (Å²) in [4.78, 5) is 37.2. The highest BCUT2D eigenvalue weighted by Crippen LogP contribution is 2.45. The maximum absolute atomic E-state index is 13.5. The molecule has 2 aromatic carbocycles. The van der Waals surface area contributed by atoms with Crippen LogP contribution in [0.2, 0.25) is 5.02 Å². The summed E-state index contributed by atoms with van der Waals surface area (Å²) < 4.78 is 6.45. The molecule has 2 aromatic heterocycles. The van der Waals surface area contributed by atoms with Crippen LogP contribution < -0.4 is 9.64 Å². The number of ketones is 1. The van der Waals surface area contributed by atoms with Crippen LogP contribution in [-0.2, 0) is 15.0 Å². The van der Waals surface area contributed by atoms with Gasteiger partial charge in [0.25, 0.3) is 5.78 Å². The topological polar surface area (TPSA) is 92.6 Å². The summed E-state index contributed by atoms with van der Waals surface area (Å²) in [7, 11) is 0. The Kier molecular flexibility index (Phi) is 6.71. The molecule has 1 unspecified atom stereocenters. The van der Waals surface area contributed by atoms with Gasteiger partial charge >= 0.3 is 5.91 Å². The van der Waals surface area contributed by atoms with Crippen LogP contribution in [0.3, 0.4) is 0 Å².